The number of amides is 3. The smallest absolute Gasteiger partial charge is 0.312 e. The molecule has 3 rings (SSSR count). The fourth-order valence-electron chi connectivity index (χ4n) is 2.53. The van der Waals surface area contributed by atoms with Crippen LogP contribution in [-0.4, -0.2) is 39.6 Å². The number of aryl methyl sites for hydroxylation is 1. The molecule has 1 atom stereocenters. The summed E-state index contributed by atoms with van der Waals surface area (Å²) in [7, 11) is 0. The van der Waals surface area contributed by atoms with Gasteiger partial charge in [0.05, 0.1) is 0 Å². The zero-order valence-corrected chi connectivity index (χ0v) is 13.5. The van der Waals surface area contributed by atoms with Gasteiger partial charge in [-0.3, -0.25) is 10.1 Å². The molecule has 0 spiro atoms. The van der Waals surface area contributed by atoms with E-state index in [1.165, 1.54) is 11.3 Å². The zero-order valence-electron chi connectivity index (χ0n) is 12.7. The Labute approximate surface area is 137 Å². The molecule has 8 heteroatoms. The molecule has 0 aliphatic carbocycles. The summed E-state index contributed by atoms with van der Waals surface area (Å²) in [6, 6.07) is 8.46. The number of para-hydroxylation sites is 1. The van der Waals surface area contributed by atoms with Gasteiger partial charge in [-0.15, -0.1) is 10.2 Å². The van der Waals surface area contributed by atoms with E-state index in [1.807, 2.05) is 37.3 Å². The summed E-state index contributed by atoms with van der Waals surface area (Å²) < 4.78 is 0. The number of anilines is 2. The molecule has 3 amide bonds. The number of nitrogens with zero attached hydrogens (tertiary/aromatic N) is 3. The van der Waals surface area contributed by atoms with Crippen molar-refractivity contribution < 1.29 is 9.59 Å². The van der Waals surface area contributed by atoms with Crippen LogP contribution in [-0.2, 0) is 4.79 Å². The van der Waals surface area contributed by atoms with Gasteiger partial charge in [-0.05, 0) is 31.9 Å². The molecular formula is C15H17N5O2S. The minimum absolute atomic E-state index is 0.220. The van der Waals surface area contributed by atoms with Crippen LogP contribution in [0.25, 0.3) is 0 Å². The minimum atomic E-state index is -0.483. The van der Waals surface area contributed by atoms with Crippen molar-refractivity contribution in [3.8, 4) is 0 Å². The van der Waals surface area contributed by atoms with Crippen LogP contribution < -0.4 is 10.6 Å². The highest BCUT2D eigenvalue weighted by atomic mass is 32.1. The number of urea groups is 1. The van der Waals surface area contributed by atoms with E-state index >= 15 is 0 Å². The largest absolute Gasteiger partial charge is 0.322 e. The number of carbonyl (C=O) groups excluding carboxylic acids is 2. The second-order valence-electron chi connectivity index (χ2n) is 5.26. The first kappa shape index (κ1) is 15.4. The van der Waals surface area contributed by atoms with Gasteiger partial charge in [0.2, 0.25) is 11.0 Å². The van der Waals surface area contributed by atoms with Gasteiger partial charge in [-0.1, -0.05) is 29.5 Å². The topological polar surface area (TPSA) is 87.2 Å². The van der Waals surface area contributed by atoms with E-state index in [-0.39, 0.29) is 11.9 Å². The molecular weight excluding hydrogens is 314 g/mol. The second-order valence-corrected chi connectivity index (χ2v) is 6.44. The van der Waals surface area contributed by atoms with Crippen LogP contribution in [0.1, 0.15) is 17.8 Å². The van der Waals surface area contributed by atoms with Crippen molar-refractivity contribution in [1.82, 2.24) is 15.1 Å². The summed E-state index contributed by atoms with van der Waals surface area (Å²) in [4.78, 5) is 26.4. The second kappa shape index (κ2) is 6.74. The summed E-state index contributed by atoms with van der Waals surface area (Å²) in [5.41, 5.74) is 0.711. The molecule has 1 aromatic carbocycles. The molecule has 1 saturated heterocycles. The maximum atomic E-state index is 12.4. The van der Waals surface area contributed by atoms with E-state index in [4.69, 9.17) is 0 Å². The molecule has 1 aliphatic rings. The van der Waals surface area contributed by atoms with Crippen molar-refractivity contribution >= 4 is 34.1 Å². The molecule has 0 saturated carbocycles. The van der Waals surface area contributed by atoms with Gasteiger partial charge in [0.15, 0.2) is 0 Å². The molecule has 2 aromatic rings. The Morgan fingerprint density at radius 3 is 2.70 bits per heavy atom. The summed E-state index contributed by atoms with van der Waals surface area (Å²) >= 11 is 1.31. The highest BCUT2D eigenvalue weighted by molar-refractivity contribution is 7.15. The van der Waals surface area contributed by atoms with Crippen LogP contribution in [0.4, 0.5) is 15.6 Å². The average Bonchev–Trinajstić information content (AvgIpc) is 3.17. The van der Waals surface area contributed by atoms with Crippen LogP contribution in [0.15, 0.2) is 30.3 Å². The molecule has 1 fully saturated rings. The molecule has 0 bridgehead atoms. The standard InChI is InChI=1S/C15H17N5O2S/c1-10-18-19-14(23-10)17-13(21)12-8-5-9-20(12)15(22)16-11-6-3-2-4-7-11/h2-4,6-7,12H,5,8-9H2,1H3,(H,16,22)(H,17,19,21)/t12-/m0/s1. The summed E-state index contributed by atoms with van der Waals surface area (Å²) in [5.74, 6) is -0.220. The van der Waals surface area contributed by atoms with Crippen molar-refractivity contribution in [3.05, 3.63) is 35.3 Å². The van der Waals surface area contributed by atoms with Crippen molar-refractivity contribution in [2.24, 2.45) is 0 Å². The molecule has 2 N–H and O–H groups in total. The lowest BCUT2D eigenvalue weighted by Gasteiger charge is -2.23. The van der Waals surface area contributed by atoms with E-state index in [0.717, 1.165) is 11.4 Å². The number of rotatable bonds is 3. The lowest BCUT2D eigenvalue weighted by molar-refractivity contribution is -0.119. The first-order chi connectivity index (χ1) is 11.1. The predicted octanol–water partition coefficient (Wildman–Crippen LogP) is 2.48. The van der Waals surface area contributed by atoms with Crippen LogP contribution in [0.2, 0.25) is 0 Å². The molecule has 23 heavy (non-hydrogen) atoms. The average molecular weight is 331 g/mol. The Balaban J connectivity index is 1.64. The quantitative estimate of drug-likeness (QED) is 0.904. The Morgan fingerprint density at radius 1 is 1.22 bits per heavy atom. The highest BCUT2D eigenvalue weighted by Crippen LogP contribution is 2.21. The Morgan fingerprint density at radius 2 is 2.00 bits per heavy atom. The van der Waals surface area contributed by atoms with Crippen LogP contribution in [0.3, 0.4) is 0 Å². The Bertz CT molecular complexity index is 703. The third-order valence-electron chi connectivity index (χ3n) is 3.60. The van der Waals surface area contributed by atoms with Crippen molar-refractivity contribution in [2.45, 2.75) is 25.8 Å². The van der Waals surface area contributed by atoms with Gasteiger partial charge in [0.25, 0.3) is 0 Å². The predicted molar refractivity (Wildman–Crippen MR) is 88.5 cm³/mol. The maximum absolute atomic E-state index is 12.4. The molecule has 2 heterocycles. The van der Waals surface area contributed by atoms with Crippen LogP contribution in [0, 0.1) is 6.92 Å². The summed E-state index contributed by atoms with van der Waals surface area (Å²) in [6.07, 6.45) is 1.45. The molecule has 1 aliphatic heterocycles. The molecule has 0 radical (unpaired) electrons. The zero-order chi connectivity index (χ0) is 16.2. The minimum Gasteiger partial charge on any atom is -0.312 e. The van der Waals surface area contributed by atoms with Gasteiger partial charge in [-0.2, -0.15) is 0 Å². The Hall–Kier alpha value is -2.48. The van der Waals surface area contributed by atoms with Crippen LogP contribution in [0.5, 0.6) is 0 Å². The lowest BCUT2D eigenvalue weighted by Crippen LogP contribution is -2.45. The fourth-order valence-corrected chi connectivity index (χ4v) is 3.13. The van der Waals surface area contributed by atoms with E-state index in [2.05, 4.69) is 20.8 Å². The molecule has 7 nitrogen and oxygen atoms in total. The summed E-state index contributed by atoms with van der Waals surface area (Å²) in [6.45, 7) is 2.38. The SMILES string of the molecule is Cc1nnc(NC(=O)[C@@H]2CCCN2C(=O)Nc2ccccc2)s1. The lowest BCUT2D eigenvalue weighted by atomic mass is 10.2. The Kier molecular flexibility index (Phi) is 4.52. The third-order valence-corrected chi connectivity index (χ3v) is 4.35. The van der Waals surface area contributed by atoms with E-state index in [9.17, 15) is 9.59 Å². The molecule has 120 valence electrons. The normalized spacial score (nSPS) is 17.1. The number of aromatic nitrogens is 2. The van der Waals surface area contributed by atoms with Crippen LogP contribution >= 0.6 is 11.3 Å². The van der Waals surface area contributed by atoms with Gasteiger partial charge in [0, 0.05) is 12.2 Å². The number of carbonyl (C=O) groups is 2. The van der Waals surface area contributed by atoms with E-state index in [1.54, 1.807) is 4.90 Å². The van der Waals surface area contributed by atoms with Gasteiger partial charge in [-0.25, -0.2) is 4.79 Å². The van der Waals surface area contributed by atoms with Crippen molar-refractivity contribution in [1.29, 1.82) is 0 Å². The maximum Gasteiger partial charge on any atom is 0.322 e. The number of likely N-dealkylation sites (tertiary alicyclic amines) is 1. The highest BCUT2D eigenvalue weighted by Gasteiger charge is 2.34. The summed E-state index contributed by atoms with van der Waals surface area (Å²) in [5, 5.41) is 14.5. The van der Waals surface area contributed by atoms with Gasteiger partial charge < -0.3 is 10.2 Å². The number of nitrogens with one attached hydrogen (secondary N) is 2. The number of hydrogen-bond donors (Lipinski definition) is 2. The van der Waals surface area contributed by atoms with Gasteiger partial charge >= 0.3 is 6.03 Å². The van der Waals surface area contributed by atoms with Crippen molar-refractivity contribution in [2.75, 3.05) is 17.2 Å². The fraction of sp³-hybridized carbons (Fsp3) is 0.333. The molecule has 1 aromatic heterocycles. The first-order valence-electron chi connectivity index (χ1n) is 7.37. The monoisotopic (exact) mass is 331 g/mol. The first-order valence-corrected chi connectivity index (χ1v) is 8.19. The molecule has 0 unspecified atom stereocenters. The van der Waals surface area contributed by atoms with Gasteiger partial charge in [0.1, 0.15) is 11.0 Å². The van der Waals surface area contributed by atoms with E-state index in [0.29, 0.717) is 23.8 Å². The van der Waals surface area contributed by atoms with E-state index < -0.39 is 6.04 Å². The number of benzene rings is 1. The third kappa shape index (κ3) is 3.65. The number of hydrogen-bond acceptors (Lipinski definition) is 5. The van der Waals surface area contributed by atoms with Crippen molar-refractivity contribution in [3.63, 3.8) is 0 Å².